The van der Waals surface area contributed by atoms with Gasteiger partial charge in [-0.05, 0) is 41.3 Å². The Balaban J connectivity index is 1.40. The maximum atomic E-state index is 13.3. The van der Waals surface area contributed by atoms with Gasteiger partial charge in [0.2, 0.25) is 0 Å². The molecule has 2 fully saturated rings. The van der Waals surface area contributed by atoms with Crippen LogP contribution in [0.15, 0.2) is 4.47 Å². The van der Waals surface area contributed by atoms with Gasteiger partial charge in [0.25, 0.3) is 11.8 Å². The minimum atomic E-state index is -2.57. The van der Waals surface area contributed by atoms with Crippen LogP contribution in [0.4, 0.5) is 14.6 Å². The molecule has 0 spiro atoms. The Morgan fingerprint density at radius 1 is 1.38 bits per heavy atom. The highest BCUT2D eigenvalue weighted by Gasteiger charge is 2.68. The Bertz CT molecular complexity index is 765. The molecule has 1 saturated carbocycles. The average Bonchev–Trinajstić information content (AvgIpc) is 2.91. The Morgan fingerprint density at radius 2 is 2.04 bits per heavy atom. The molecule has 3 heterocycles. The quantitative estimate of drug-likeness (QED) is 0.796. The van der Waals surface area contributed by atoms with E-state index in [0.717, 1.165) is 47.5 Å². The molecular weight excluding hydrogens is 408 g/mol. The number of pyridine rings is 1. The normalized spacial score (nSPS) is 27.4. The molecule has 0 bridgehead atoms. The van der Waals surface area contributed by atoms with Crippen molar-refractivity contribution < 1.29 is 18.3 Å². The predicted octanol–water partition coefficient (Wildman–Crippen LogP) is 3.43. The SMILES string of the molecule is Cc1c(Br)c(N2CCC(OCC3(C)CC3(F)F)CC2)nc2c1C(=O)NC2. The first-order valence-corrected chi connectivity index (χ1v) is 9.73. The van der Waals surface area contributed by atoms with E-state index in [9.17, 15) is 13.6 Å². The number of ether oxygens (including phenoxy) is 1. The lowest BCUT2D eigenvalue weighted by atomic mass is 10.1. The summed E-state index contributed by atoms with van der Waals surface area (Å²) in [6, 6.07) is 0. The molecule has 5 nitrogen and oxygen atoms in total. The van der Waals surface area contributed by atoms with Crippen molar-refractivity contribution in [2.45, 2.75) is 51.7 Å². The maximum absolute atomic E-state index is 13.3. The number of nitrogens with one attached hydrogen (secondary N) is 1. The molecule has 0 aromatic carbocycles. The number of carbonyl (C=O) groups excluding carboxylic acids is 1. The van der Waals surface area contributed by atoms with E-state index in [1.165, 1.54) is 0 Å². The molecular formula is C18H22BrF2N3O2. The Hall–Kier alpha value is -1.28. The van der Waals surface area contributed by atoms with Crippen molar-refractivity contribution in [1.82, 2.24) is 10.3 Å². The van der Waals surface area contributed by atoms with Gasteiger partial charge in [-0.15, -0.1) is 0 Å². The van der Waals surface area contributed by atoms with Crippen molar-refractivity contribution in [2.75, 3.05) is 24.6 Å². The van der Waals surface area contributed by atoms with Gasteiger partial charge >= 0.3 is 0 Å². The number of rotatable bonds is 4. The molecule has 26 heavy (non-hydrogen) atoms. The molecule has 1 amide bonds. The number of halogens is 3. The lowest BCUT2D eigenvalue weighted by Gasteiger charge is -2.34. The number of nitrogens with zero attached hydrogens (tertiary/aromatic N) is 2. The standard InChI is InChI=1S/C18H22BrF2N3O2/c1-10-13-12(7-22-16(13)25)23-15(14(10)19)24-5-3-11(4-6-24)26-9-17(2)8-18(17,20)21/h11H,3-9H2,1-2H3,(H,22,25). The van der Waals surface area contributed by atoms with Crippen LogP contribution in [0, 0.1) is 12.3 Å². The van der Waals surface area contributed by atoms with Crippen molar-refractivity contribution in [3.05, 3.63) is 21.3 Å². The van der Waals surface area contributed by atoms with Gasteiger partial charge in [-0.25, -0.2) is 13.8 Å². The smallest absolute Gasteiger partial charge is 0.256 e. The molecule has 3 aliphatic rings. The van der Waals surface area contributed by atoms with Crippen LogP contribution in [0.5, 0.6) is 0 Å². The van der Waals surface area contributed by atoms with Gasteiger partial charge < -0.3 is 15.0 Å². The van der Waals surface area contributed by atoms with Crippen LogP contribution in [0.3, 0.4) is 0 Å². The average molecular weight is 430 g/mol. The summed E-state index contributed by atoms with van der Waals surface area (Å²) in [7, 11) is 0. The molecule has 0 radical (unpaired) electrons. The number of alkyl halides is 2. The molecule has 2 aliphatic heterocycles. The molecule has 1 unspecified atom stereocenters. The second kappa shape index (κ2) is 6.12. The van der Waals surface area contributed by atoms with Gasteiger partial charge in [-0.2, -0.15) is 0 Å². The number of hydrogen-bond donors (Lipinski definition) is 1. The Labute approximate surface area is 159 Å². The van der Waals surface area contributed by atoms with E-state index < -0.39 is 11.3 Å². The first-order valence-electron chi connectivity index (χ1n) is 8.93. The van der Waals surface area contributed by atoms with Crippen molar-refractivity contribution >= 4 is 27.7 Å². The fourth-order valence-electron chi connectivity index (χ4n) is 3.76. The summed E-state index contributed by atoms with van der Waals surface area (Å²) in [5.74, 6) is -1.80. The number of anilines is 1. The molecule has 4 rings (SSSR count). The zero-order chi connectivity index (χ0) is 18.7. The van der Waals surface area contributed by atoms with Crippen LogP contribution in [0.2, 0.25) is 0 Å². The number of amides is 1. The van der Waals surface area contributed by atoms with Crippen LogP contribution in [0.25, 0.3) is 0 Å². The molecule has 1 aromatic heterocycles. The minimum absolute atomic E-state index is 0.0111. The molecule has 1 aromatic rings. The lowest BCUT2D eigenvalue weighted by Crippen LogP contribution is -2.38. The van der Waals surface area contributed by atoms with Gasteiger partial charge in [-0.3, -0.25) is 4.79 Å². The Kier molecular flexibility index (Phi) is 4.26. The number of fused-ring (bicyclic) bond motifs is 1. The number of aromatic nitrogens is 1. The molecule has 142 valence electrons. The van der Waals surface area contributed by atoms with E-state index in [4.69, 9.17) is 4.74 Å². The van der Waals surface area contributed by atoms with E-state index in [1.54, 1.807) is 6.92 Å². The lowest BCUT2D eigenvalue weighted by molar-refractivity contribution is -0.0245. The second-order valence-electron chi connectivity index (χ2n) is 7.82. The zero-order valence-electron chi connectivity index (χ0n) is 14.9. The molecule has 8 heteroatoms. The van der Waals surface area contributed by atoms with Gasteiger partial charge in [0.1, 0.15) is 5.82 Å². The van der Waals surface area contributed by atoms with Crippen LogP contribution in [0.1, 0.15) is 47.8 Å². The van der Waals surface area contributed by atoms with Gasteiger partial charge in [0, 0.05) is 19.5 Å². The van der Waals surface area contributed by atoms with Crippen molar-refractivity contribution in [2.24, 2.45) is 5.41 Å². The number of hydrogen-bond acceptors (Lipinski definition) is 4. The molecule has 1 N–H and O–H groups in total. The van der Waals surface area contributed by atoms with Crippen LogP contribution in [-0.4, -0.2) is 42.6 Å². The summed E-state index contributed by atoms with van der Waals surface area (Å²) in [6.45, 7) is 5.60. The summed E-state index contributed by atoms with van der Waals surface area (Å²) < 4.78 is 33.2. The highest BCUT2D eigenvalue weighted by Crippen LogP contribution is 2.60. The largest absolute Gasteiger partial charge is 0.377 e. The monoisotopic (exact) mass is 429 g/mol. The number of carbonyl (C=O) groups is 1. The van der Waals surface area contributed by atoms with Crippen molar-refractivity contribution in [3.63, 3.8) is 0 Å². The third kappa shape index (κ3) is 2.91. The van der Waals surface area contributed by atoms with E-state index in [0.29, 0.717) is 12.1 Å². The topological polar surface area (TPSA) is 54.5 Å². The first-order chi connectivity index (χ1) is 12.2. The first kappa shape index (κ1) is 18.1. The minimum Gasteiger partial charge on any atom is -0.377 e. The van der Waals surface area contributed by atoms with Gasteiger partial charge in [0.05, 0.1) is 40.4 Å². The predicted molar refractivity (Wildman–Crippen MR) is 96.7 cm³/mol. The fraction of sp³-hybridized carbons (Fsp3) is 0.667. The maximum Gasteiger partial charge on any atom is 0.256 e. The third-order valence-electron chi connectivity index (χ3n) is 5.82. The second-order valence-corrected chi connectivity index (χ2v) is 8.61. The summed E-state index contributed by atoms with van der Waals surface area (Å²) in [4.78, 5) is 18.8. The van der Waals surface area contributed by atoms with E-state index in [1.807, 2.05) is 6.92 Å². The summed E-state index contributed by atoms with van der Waals surface area (Å²) in [5.41, 5.74) is 1.37. The van der Waals surface area contributed by atoms with E-state index in [2.05, 4.69) is 31.1 Å². The third-order valence-corrected chi connectivity index (χ3v) is 6.77. The van der Waals surface area contributed by atoms with Crippen LogP contribution in [-0.2, 0) is 11.3 Å². The summed E-state index contributed by atoms with van der Waals surface area (Å²) in [5, 5.41) is 2.81. The highest BCUT2D eigenvalue weighted by molar-refractivity contribution is 9.10. The zero-order valence-corrected chi connectivity index (χ0v) is 16.5. The van der Waals surface area contributed by atoms with Gasteiger partial charge in [0.15, 0.2) is 0 Å². The molecule has 1 saturated heterocycles. The molecule has 1 atom stereocenters. The fourth-order valence-corrected chi connectivity index (χ4v) is 4.29. The van der Waals surface area contributed by atoms with Crippen LogP contribution >= 0.6 is 15.9 Å². The summed E-state index contributed by atoms with van der Waals surface area (Å²) >= 11 is 3.59. The highest BCUT2D eigenvalue weighted by atomic mass is 79.9. The Morgan fingerprint density at radius 3 is 2.65 bits per heavy atom. The van der Waals surface area contributed by atoms with Crippen LogP contribution < -0.4 is 10.2 Å². The van der Waals surface area contributed by atoms with Crippen molar-refractivity contribution in [1.29, 1.82) is 0 Å². The van der Waals surface area contributed by atoms with Gasteiger partial charge in [-0.1, -0.05) is 6.92 Å². The van der Waals surface area contributed by atoms with E-state index >= 15 is 0 Å². The van der Waals surface area contributed by atoms with E-state index in [-0.39, 0.29) is 25.0 Å². The number of piperidine rings is 1. The molecule has 1 aliphatic carbocycles. The van der Waals surface area contributed by atoms with Crippen molar-refractivity contribution in [3.8, 4) is 0 Å². The summed E-state index contributed by atoms with van der Waals surface area (Å²) in [6.07, 6.45) is 1.50.